The average Bonchev–Trinajstić information content (AvgIpc) is 3.25. The molecular weight excluding hydrogens is 282 g/mol. The van der Waals surface area contributed by atoms with Gasteiger partial charge in [0.25, 0.3) is 11.8 Å². The van der Waals surface area contributed by atoms with Crippen molar-refractivity contribution in [1.82, 2.24) is 10.5 Å². The SMILES string of the molecule is O=C(Nc1ccc2c(c1)C(=O)NCC2)c1cc(C2CC2)on1. The van der Waals surface area contributed by atoms with Gasteiger partial charge in [0.1, 0.15) is 5.76 Å². The Kier molecular flexibility index (Phi) is 2.96. The molecule has 1 saturated carbocycles. The van der Waals surface area contributed by atoms with Gasteiger partial charge in [-0.05, 0) is 37.0 Å². The van der Waals surface area contributed by atoms with Crippen molar-refractivity contribution in [3.8, 4) is 0 Å². The molecule has 6 nitrogen and oxygen atoms in total. The number of nitrogens with one attached hydrogen (secondary N) is 2. The fourth-order valence-corrected chi connectivity index (χ4v) is 2.64. The molecule has 1 aliphatic heterocycles. The molecule has 0 bridgehead atoms. The molecular formula is C16H15N3O3. The summed E-state index contributed by atoms with van der Waals surface area (Å²) in [5, 5.41) is 9.36. The molecule has 4 rings (SSSR count). The number of carbonyl (C=O) groups excluding carboxylic acids is 2. The lowest BCUT2D eigenvalue weighted by Gasteiger charge is -2.17. The number of fused-ring (bicyclic) bond motifs is 1. The van der Waals surface area contributed by atoms with Crippen LogP contribution in [0.4, 0.5) is 5.69 Å². The lowest BCUT2D eigenvalue weighted by Crippen LogP contribution is -2.31. The van der Waals surface area contributed by atoms with Gasteiger partial charge in [-0.15, -0.1) is 0 Å². The summed E-state index contributed by atoms with van der Waals surface area (Å²) >= 11 is 0. The van der Waals surface area contributed by atoms with Crippen molar-refractivity contribution in [2.24, 2.45) is 0 Å². The second-order valence-electron chi connectivity index (χ2n) is 5.72. The first-order valence-electron chi connectivity index (χ1n) is 7.40. The van der Waals surface area contributed by atoms with Crippen LogP contribution in [0.2, 0.25) is 0 Å². The minimum atomic E-state index is -0.327. The van der Waals surface area contributed by atoms with E-state index >= 15 is 0 Å². The summed E-state index contributed by atoms with van der Waals surface area (Å²) in [6, 6.07) is 7.07. The second-order valence-corrected chi connectivity index (χ2v) is 5.72. The minimum absolute atomic E-state index is 0.102. The number of anilines is 1. The van der Waals surface area contributed by atoms with Crippen LogP contribution in [0.3, 0.4) is 0 Å². The maximum Gasteiger partial charge on any atom is 0.277 e. The molecule has 1 aromatic carbocycles. The number of benzene rings is 1. The Hall–Kier alpha value is -2.63. The first-order valence-corrected chi connectivity index (χ1v) is 7.40. The van der Waals surface area contributed by atoms with Gasteiger partial charge in [0, 0.05) is 29.8 Å². The number of hydrogen-bond donors (Lipinski definition) is 2. The third-order valence-corrected chi connectivity index (χ3v) is 4.03. The van der Waals surface area contributed by atoms with Crippen LogP contribution in [0.1, 0.15) is 50.9 Å². The van der Waals surface area contributed by atoms with Gasteiger partial charge in [0.05, 0.1) is 0 Å². The van der Waals surface area contributed by atoms with E-state index in [9.17, 15) is 9.59 Å². The quantitative estimate of drug-likeness (QED) is 0.908. The van der Waals surface area contributed by atoms with Crippen molar-refractivity contribution >= 4 is 17.5 Å². The topological polar surface area (TPSA) is 84.2 Å². The third kappa shape index (κ3) is 2.36. The first-order chi connectivity index (χ1) is 10.7. The maximum atomic E-state index is 12.2. The van der Waals surface area contributed by atoms with E-state index in [0.717, 1.165) is 30.6 Å². The number of aromatic nitrogens is 1. The molecule has 1 aromatic heterocycles. The summed E-state index contributed by atoms with van der Waals surface area (Å²) in [7, 11) is 0. The van der Waals surface area contributed by atoms with Crippen LogP contribution in [0, 0.1) is 0 Å². The molecule has 2 N–H and O–H groups in total. The van der Waals surface area contributed by atoms with E-state index in [2.05, 4.69) is 15.8 Å². The van der Waals surface area contributed by atoms with Crippen molar-refractivity contribution in [1.29, 1.82) is 0 Å². The smallest absolute Gasteiger partial charge is 0.277 e. The largest absolute Gasteiger partial charge is 0.360 e. The molecule has 0 saturated heterocycles. The summed E-state index contributed by atoms with van der Waals surface area (Å²) in [5.74, 6) is 0.762. The van der Waals surface area contributed by atoms with E-state index in [-0.39, 0.29) is 17.5 Å². The second kappa shape index (κ2) is 4.98. The van der Waals surface area contributed by atoms with Gasteiger partial charge < -0.3 is 15.2 Å². The molecule has 2 heterocycles. The molecule has 1 aliphatic carbocycles. The Morgan fingerprint density at radius 3 is 3.00 bits per heavy atom. The van der Waals surface area contributed by atoms with Crippen LogP contribution in [-0.4, -0.2) is 23.5 Å². The standard InChI is InChI=1S/C16H15N3O3/c20-15-12-7-11(4-3-9(12)5-6-17-15)18-16(21)13-8-14(22-19-13)10-1-2-10/h3-4,7-8,10H,1-2,5-6H2,(H,17,20)(H,18,21). The van der Waals surface area contributed by atoms with Gasteiger partial charge in [0.15, 0.2) is 5.69 Å². The van der Waals surface area contributed by atoms with Crippen molar-refractivity contribution < 1.29 is 14.1 Å². The average molecular weight is 297 g/mol. The molecule has 0 atom stereocenters. The highest BCUT2D eigenvalue weighted by molar-refractivity contribution is 6.04. The lowest BCUT2D eigenvalue weighted by molar-refractivity contribution is 0.0944. The number of hydrogen-bond acceptors (Lipinski definition) is 4. The van der Waals surface area contributed by atoms with Gasteiger partial charge in [-0.2, -0.15) is 0 Å². The number of nitrogens with zero attached hydrogens (tertiary/aromatic N) is 1. The minimum Gasteiger partial charge on any atom is -0.360 e. The fourth-order valence-electron chi connectivity index (χ4n) is 2.64. The van der Waals surface area contributed by atoms with E-state index < -0.39 is 0 Å². The molecule has 1 fully saturated rings. The maximum absolute atomic E-state index is 12.2. The normalized spacial score (nSPS) is 16.8. The first kappa shape index (κ1) is 13.1. The highest BCUT2D eigenvalue weighted by atomic mass is 16.5. The third-order valence-electron chi connectivity index (χ3n) is 4.03. The summed E-state index contributed by atoms with van der Waals surface area (Å²) in [5.41, 5.74) is 2.46. The summed E-state index contributed by atoms with van der Waals surface area (Å²) in [6.07, 6.45) is 3.00. The summed E-state index contributed by atoms with van der Waals surface area (Å²) < 4.78 is 5.18. The molecule has 112 valence electrons. The van der Waals surface area contributed by atoms with E-state index in [1.807, 2.05) is 6.07 Å². The van der Waals surface area contributed by atoms with E-state index in [1.165, 1.54) is 0 Å². The molecule has 0 radical (unpaired) electrons. The van der Waals surface area contributed by atoms with Crippen LogP contribution in [-0.2, 0) is 6.42 Å². The lowest BCUT2D eigenvalue weighted by atomic mass is 10.00. The van der Waals surface area contributed by atoms with Gasteiger partial charge in [0.2, 0.25) is 0 Å². The molecule has 0 unspecified atom stereocenters. The van der Waals surface area contributed by atoms with Crippen LogP contribution >= 0.6 is 0 Å². The van der Waals surface area contributed by atoms with E-state index in [1.54, 1.807) is 18.2 Å². The van der Waals surface area contributed by atoms with Crippen LogP contribution < -0.4 is 10.6 Å². The summed E-state index contributed by atoms with van der Waals surface area (Å²) in [6.45, 7) is 0.653. The Balaban J connectivity index is 1.53. The molecule has 0 spiro atoms. The zero-order valence-corrected chi connectivity index (χ0v) is 11.9. The van der Waals surface area contributed by atoms with E-state index in [4.69, 9.17) is 4.52 Å². The Bertz CT molecular complexity index is 762. The molecule has 6 heteroatoms. The van der Waals surface area contributed by atoms with Crippen LogP contribution in [0.5, 0.6) is 0 Å². The van der Waals surface area contributed by atoms with Gasteiger partial charge >= 0.3 is 0 Å². The Morgan fingerprint density at radius 1 is 1.32 bits per heavy atom. The summed E-state index contributed by atoms with van der Waals surface area (Å²) in [4.78, 5) is 24.0. The predicted molar refractivity (Wildman–Crippen MR) is 78.9 cm³/mol. The van der Waals surface area contributed by atoms with E-state index in [0.29, 0.717) is 23.7 Å². The van der Waals surface area contributed by atoms with Crippen molar-refractivity contribution in [2.75, 3.05) is 11.9 Å². The molecule has 22 heavy (non-hydrogen) atoms. The van der Waals surface area contributed by atoms with Gasteiger partial charge in [-0.3, -0.25) is 9.59 Å². The predicted octanol–water partition coefficient (Wildman–Crippen LogP) is 2.09. The Labute approximate surface area is 126 Å². The van der Waals surface area contributed by atoms with Crippen molar-refractivity contribution in [3.05, 3.63) is 46.8 Å². The monoisotopic (exact) mass is 297 g/mol. The highest BCUT2D eigenvalue weighted by Crippen LogP contribution is 2.40. The molecule has 2 amide bonds. The zero-order valence-electron chi connectivity index (χ0n) is 11.9. The highest BCUT2D eigenvalue weighted by Gasteiger charge is 2.29. The number of amides is 2. The van der Waals surface area contributed by atoms with Crippen molar-refractivity contribution in [2.45, 2.75) is 25.2 Å². The number of rotatable bonds is 3. The molecule has 2 aromatic rings. The van der Waals surface area contributed by atoms with Crippen molar-refractivity contribution in [3.63, 3.8) is 0 Å². The molecule has 2 aliphatic rings. The number of carbonyl (C=O) groups is 2. The fraction of sp³-hybridized carbons (Fsp3) is 0.312. The van der Waals surface area contributed by atoms with Crippen LogP contribution in [0.25, 0.3) is 0 Å². The Morgan fingerprint density at radius 2 is 2.18 bits per heavy atom. The van der Waals surface area contributed by atoms with Gasteiger partial charge in [-0.25, -0.2) is 0 Å². The van der Waals surface area contributed by atoms with Crippen LogP contribution in [0.15, 0.2) is 28.8 Å². The zero-order chi connectivity index (χ0) is 15.1. The van der Waals surface area contributed by atoms with Gasteiger partial charge in [-0.1, -0.05) is 11.2 Å².